The van der Waals surface area contributed by atoms with Gasteiger partial charge in [0.1, 0.15) is 11.4 Å². The van der Waals surface area contributed by atoms with Gasteiger partial charge in [-0.25, -0.2) is 0 Å². The van der Waals surface area contributed by atoms with Crippen LogP contribution >= 0.6 is 0 Å². The zero-order valence-electron chi connectivity index (χ0n) is 18.1. The van der Waals surface area contributed by atoms with Crippen molar-refractivity contribution in [1.29, 1.82) is 0 Å². The standard InChI is InChI=1S/C24H23F3N4O3/c25-24(26,27)8-10-30-21(32)19-6-7-23(14-31-19,22(28)33)16-11-18-17(15-3-2-9-29-12-15)4-1-5-20(18)34-13-16/h1-6,9,12,14,16H,7-8,10-11,13H2,(H2,28,33)(H,30,32)/t16-,23?/m1/s1. The van der Waals surface area contributed by atoms with Gasteiger partial charge in [0.2, 0.25) is 5.91 Å². The second-order valence-corrected chi connectivity index (χ2v) is 8.31. The number of pyridine rings is 1. The molecule has 178 valence electrons. The minimum absolute atomic E-state index is 0.0489. The highest BCUT2D eigenvalue weighted by atomic mass is 19.4. The largest absolute Gasteiger partial charge is 0.493 e. The number of ether oxygens (including phenoxy) is 1. The lowest BCUT2D eigenvalue weighted by Gasteiger charge is -2.39. The number of benzene rings is 1. The van der Waals surface area contributed by atoms with E-state index in [-0.39, 0.29) is 24.6 Å². The molecule has 0 saturated heterocycles. The summed E-state index contributed by atoms with van der Waals surface area (Å²) in [6.07, 6.45) is 1.28. The van der Waals surface area contributed by atoms with Gasteiger partial charge in [-0.05, 0) is 30.5 Å². The zero-order chi connectivity index (χ0) is 24.3. The monoisotopic (exact) mass is 472 g/mol. The molecule has 4 rings (SSSR count). The minimum Gasteiger partial charge on any atom is -0.493 e. The van der Waals surface area contributed by atoms with Crippen LogP contribution in [0.2, 0.25) is 0 Å². The van der Waals surface area contributed by atoms with Crippen molar-refractivity contribution in [3.8, 4) is 16.9 Å². The predicted octanol–water partition coefficient (Wildman–Crippen LogP) is 3.20. The third-order valence-electron chi connectivity index (χ3n) is 6.18. The molecule has 1 unspecified atom stereocenters. The molecule has 3 N–H and O–H groups in total. The first kappa shape index (κ1) is 23.5. The molecular weight excluding hydrogens is 449 g/mol. The van der Waals surface area contributed by atoms with Gasteiger partial charge in [-0.15, -0.1) is 0 Å². The number of primary amides is 1. The van der Waals surface area contributed by atoms with Crippen LogP contribution in [0, 0.1) is 11.3 Å². The van der Waals surface area contributed by atoms with Crippen molar-refractivity contribution in [2.45, 2.75) is 25.4 Å². The second-order valence-electron chi connectivity index (χ2n) is 8.31. The Morgan fingerprint density at radius 3 is 2.71 bits per heavy atom. The van der Waals surface area contributed by atoms with E-state index in [0.717, 1.165) is 16.7 Å². The summed E-state index contributed by atoms with van der Waals surface area (Å²) in [7, 11) is 0. The van der Waals surface area contributed by atoms with Crippen LogP contribution in [-0.2, 0) is 16.0 Å². The number of nitrogens with one attached hydrogen (secondary N) is 1. The molecule has 2 aliphatic heterocycles. The van der Waals surface area contributed by atoms with Crippen molar-refractivity contribution in [3.63, 3.8) is 0 Å². The zero-order valence-corrected chi connectivity index (χ0v) is 18.1. The van der Waals surface area contributed by atoms with E-state index in [9.17, 15) is 22.8 Å². The average Bonchev–Trinajstić information content (AvgIpc) is 2.83. The van der Waals surface area contributed by atoms with Gasteiger partial charge in [0.25, 0.3) is 5.91 Å². The van der Waals surface area contributed by atoms with E-state index in [1.807, 2.05) is 30.3 Å². The van der Waals surface area contributed by atoms with Gasteiger partial charge >= 0.3 is 6.18 Å². The third kappa shape index (κ3) is 4.80. The lowest BCUT2D eigenvalue weighted by atomic mass is 9.68. The highest BCUT2D eigenvalue weighted by molar-refractivity contribution is 6.02. The van der Waals surface area contributed by atoms with E-state index >= 15 is 0 Å². The Balaban J connectivity index is 1.54. The van der Waals surface area contributed by atoms with Gasteiger partial charge in [-0.3, -0.25) is 19.6 Å². The van der Waals surface area contributed by atoms with Crippen molar-refractivity contribution in [3.05, 3.63) is 60.1 Å². The summed E-state index contributed by atoms with van der Waals surface area (Å²) in [5.74, 6) is -0.988. The van der Waals surface area contributed by atoms with Gasteiger partial charge in [0.05, 0.1) is 18.4 Å². The Bertz CT molecular complexity index is 1150. The van der Waals surface area contributed by atoms with Gasteiger partial charge in [-0.2, -0.15) is 13.2 Å². The number of carbonyl (C=O) groups is 2. The molecule has 1 aromatic heterocycles. The second kappa shape index (κ2) is 9.28. The number of aliphatic imine (C=N–C) groups is 1. The topological polar surface area (TPSA) is 107 Å². The van der Waals surface area contributed by atoms with Crippen LogP contribution in [0.1, 0.15) is 18.4 Å². The number of fused-ring (bicyclic) bond motifs is 1. The maximum absolute atomic E-state index is 12.6. The Labute approximate surface area is 193 Å². The van der Waals surface area contributed by atoms with Crippen LogP contribution in [0.4, 0.5) is 13.2 Å². The number of alkyl halides is 3. The van der Waals surface area contributed by atoms with E-state index in [0.29, 0.717) is 12.2 Å². The number of hydrogen-bond donors (Lipinski definition) is 2. The average molecular weight is 472 g/mol. The van der Waals surface area contributed by atoms with Gasteiger partial charge in [0.15, 0.2) is 0 Å². The van der Waals surface area contributed by atoms with E-state index in [2.05, 4.69) is 15.3 Å². The number of hydrogen-bond acceptors (Lipinski definition) is 5. The third-order valence-corrected chi connectivity index (χ3v) is 6.18. The molecule has 0 bridgehead atoms. The molecule has 34 heavy (non-hydrogen) atoms. The summed E-state index contributed by atoms with van der Waals surface area (Å²) in [6.45, 7) is -0.333. The highest BCUT2D eigenvalue weighted by Crippen LogP contribution is 2.43. The van der Waals surface area contributed by atoms with Gasteiger partial charge in [-0.1, -0.05) is 24.3 Å². The molecule has 3 heterocycles. The first-order chi connectivity index (χ1) is 16.2. The van der Waals surface area contributed by atoms with Crippen LogP contribution in [0.15, 0.2) is 59.5 Å². The Morgan fingerprint density at radius 2 is 2.06 bits per heavy atom. The molecule has 2 atom stereocenters. The maximum Gasteiger partial charge on any atom is 0.390 e. The molecule has 0 fully saturated rings. The van der Waals surface area contributed by atoms with Gasteiger partial charge < -0.3 is 15.8 Å². The molecule has 0 saturated carbocycles. The molecule has 2 aliphatic rings. The van der Waals surface area contributed by atoms with E-state index in [4.69, 9.17) is 10.5 Å². The van der Waals surface area contributed by atoms with Crippen LogP contribution in [0.25, 0.3) is 11.1 Å². The number of carbonyl (C=O) groups excluding carboxylic acids is 2. The Kier molecular flexibility index (Phi) is 6.41. The quantitative estimate of drug-likeness (QED) is 0.673. The summed E-state index contributed by atoms with van der Waals surface area (Å²) < 4.78 is 43.0. The summed E-state index contributed by atoms with van der Waals surface area (Å²) in [4.78, 5) is 33.1. The molecule has 0 spiro atoms. The normalized spacial score (nSPS) is 21.7. The van der Waals surface area contributed by atoms with Crippen molar-refractivity contribution in [1.82, 2.24) is 10.3 Å². The lowest BCUT2D eigenvalue weighted by molar-refractivity contribution is -0.135. The van der Waals surface area contributed by atoms with Crippen LogP contribution in [0.3, 0.4) is 0 Å². The SMILES string of the molecule is NC(=O)C1([C@H]2COc3cccc(-c4cccnc4)c3C2)C=NC(C(=O)NCCC(F)(F)F)=CC1. The van der Waals surface area contributed by atoms with Crippen molar-refractivity contribution >= 4 is 18.0 Å². The molecule has 7 nitrogen and oxygen atoms in total. The van der Waals surface area contributed by atoms with Crippen LogP contribution < -0.4 is 15.8 Å². The lowest BCUT2D eigenvalue weighted by Crippen LogP contribution is -2.49. The molecule has 2 aromatic rings. The fraction of sp³-hybridized carbons (Fsp3) is 0.333. The van der Waals surface area contributed by atoms with Crippen molar-refractivity contribution in [2.24, 2.45) is 22.1 Å². The smallest absolute Gasteiger partial charge is 0.390 e. The maximum atomic E-state index is 12.6. The Morgan fingerprint density at radius 1 is 1.24 bits per heavy atom. The number of amides is 2. The van der Waals surface area contributed by atoms with E-state index in [1.54, 1.807) is 12.4 Å². The number of rotatable bonds is 6. The first-order valence-corrected chi connectivity index (χ1v) is 10.7. The van der Waals surface area contributed by atoms with Crippen molar-refractivity contribution < 1.29 is 27.5 Å². The van der Waals surface area contributed by atoms with Crippen LogP contribution in [-0.4, -0.2) is 42.3 Å². The molecule has 2 amide bonds. The first-order valence-electron chi connectivity index (χ1n) is 10.7. The number of aromatic nitrogens is 1. The fourth-order valence-corrected chi connectivity index (χ4v) is 4.28. The van der Waals surface area contributed by atoms with Crippen LogP contribution in [0.5, 0.6) is 5.75 Å². The Hall–Kier alpha value is -3.69. The van der Waals surface area contributed by atoms with E-state index < -0.39 is 36.4 Å². The number of nitrogens with zero attached hydrogens (tertiary/aromatic N) is 2. The summed E-state index contributed by atoms with van der Waals surface area (Å²) in [6, 6.07) is 9.47. The van der Waals surface area contributed by atoms with Gasteiger partial charge in [0, 0.05) is 42.2 Å². The number of allylic oxidation sites excluding steroid dienone is 1. The summed E-state index contributed by atoms with van der Waals surface area (Å²) >= 11 is 0. The molecular formula is C24H23F3N4O3. The summed E-state index contributed by atoms with van der Waals surface area (Å²) in [5.41, 5.74) is 7.31. The highest BCUT2D eigenvalue weighted by Gasteiger charge is 2.46. The summed E-state index contributed by atoms with van der Waals surface area (Å²) in [5, 5.41) is 2.20. The fourth-order valence-electron chi connectivity index (χ4n) is 4.28. The van der Waals surface area contributed by atoms with Crippen molar-refractivity contribution in [2.75, 3.05) is 13.2 Å². The predicted molar refractivity (Wildman–Crippen MR) is 119 cm³/mol. The molecule has 0 radical (unpaired) electrons. The number of halogens is 3. The van der Waals surface area contributed by atoms with E-state index in [1.165, 1.54) is 12.3 Å². The molecule has 10 heteroatoms. The minimum atomic E-state index is -4.37. The molecule has 0 aliphatic carbocycles. The number of nitrogens with two attached hydrogens (primary N) is 1. The molecule has 1 aromatic carbocycles.